The van der Waals surface area contributed by atoms with Crippen molar-refractivity contribution in [1.29, 1.82) is 0 Å². The quantitative estimate of drug-likeness (QED) is 0.531. The Bertz CT molecular complexity index is 1170. The van der Waals surface area contributed by atoms with Crippen LogP contribution in [0.25, 0.3) is 10.9 Å². The van der Waals surface area contributed by atoms with Crippen LogP contribution in [0, 0.1) is 22.7 Å². The van der Waals surface area contributed by atoms with E-state index in [0.717, 1.165) is 31.2 Å². The van der Waals surface area contributed by atoms with E-state index in [1.807, 2.05) is 0 Å². The highest BCUT2D eigenvalue weighted by atomic mass is 16.5. The predicted octanol–water partition coefficient (Wildman–Crippen LogP) is 4.17. The van der Waals surface area contributed by atoms with Crippen LogP contribution in [0.3, 0.4) is 0 Å². The van der Waals surface area contributed by atoms with Crippen LogP contribution < -0.4 is 0 Å². The molecule has 184 valence electrons. The van der Waals surface area contributed by atoms with E-state index >= 15 is 0 Å². The fraction of sp³-hybridized carbons (Fsp3) is 0.679. The van der Waals surface area contributed by atoms with E-state index in [1.165, 1.54) is 16.6 Å². The van der Waals surface area contributed by atoms with Crippen LogP contribution in [0.4, 0.5) is 0 Å². The van der Waals surface area contributed by atoms with Crippen molar-refractivity contribution in [2.75, 3.05) is 0 Å². The number of benzene rings is 1. The molecule has 2 heterocycles. The molecular weight excluding hydrogens is 430 g/mol. The highest BCUT2D eigenvalue weighted by molar-refractivity contribution is 5.86. The summed E-state index contributed by atoms with van der Waals surface area (Å²) in [6.07, 6.45) is 2.03. The smallest absolute Gasteiger partial charge is 0.315 e. The number of nitrogens with one attached hydrogen (secondary N) is 1. The van der Waals surface area contributed by atoms with Gasteiger partial charge < -0.3 is 25.0 Å². The molecule has 4 N–H and O–H groups in total. The summed E-state index contributed by atoms with van der Waals surface area (Å²) in [7, 11) is 0. The van der Waals surface area contributed by atoms with E-state index in [4.69, 9.17) is 4.74 Å². The molecule has 2 saturated carbocycles. The van der Waals surface area contributed by atoms with Crippen molar-refractivity contribution in [2.24, 2.45) is 22.7 Å². The van der Waals surface area contributed by atoms with Crippen LogP contribution in [-0.2, 0) is 21.4 Å². The van der Waals surface area contributed by atoms with Crippen LogP contribution in [0.1, 0.15) is 71.1 Å². The van der Waals surface area contributed by atoms with Crippen molar-refractivity contribution >= 4 is 16.9 Å². The Labute approximate surface area is 200 Å². The van der Waals surface area contributed by atoms with E-state index in [9.17, 15) is 20.1 Å². The second-order valence-corrected chi connectivity index (χ2v) is 12.5. The zero-order chi connectivity index (χ0) is 24.3. The van der Waals surface area contributed by atoms with E-state index in [-0.39, 0.29) is 23.2 Å². The number of aromatic amines is 1. The van der Waals surface area contributed by atoms with Gasteiger partial charge in [0.1, 0.15) is 5.41 Å². The van der Waals surface area contributed by atoms with Gasteiger partial charge in [-0.1, -0.05) is 32.0 Å². The highest BCUT2D eigenvalue weighted by Gasteiger charge is 2.73. The predicted molar refractivity (Wildman–Crippen MR) is 129 cm³/mol. The normalized spacial score (nSPS) is 43.6. The van der Waals surface area contributed by atoms with Gasteiger partial charge in [0.25, 0.3) is 0 Å². The molecule has 5 unspecified atom stereocenters. The summed E-state index contributed by atoms with van der Waals surface area (Å²) in [5.74, 6) is -0.715. The Balaban J connectivity index is 1.49. The summed E-state index contributed by atoms with van der Waals surface area (Å²) in [6, 6.07) is 8.46. The number of aliphatic hydroxyl groups excluding tert-OH is 1. The Morgan fingerprint density at radius 3 is 2.62 bits per heavy atom. The number of hydrogen-bond acceptors (Lipinski definition) is 4. The van der Waals surface area contributed by atoms with Crippen LogP contribution in [0.2, 0.25) is 0 Å². The summed E-state index contributed by atoms with van der Waals surface area (Å²) in [4.78, 5) is 16.9. The molecule has 4 aliphatic rings. The molecule has 6 rings (SSSR count). The topological polar surface area (TPSA) is 103 Å². The van der Waals surface area contributed by atoms with Crippen LogP contribution >= 0.6 is 0 Å². The summed E-state index contributed by atoms with van der Waals surface area (Å²) >= 11 is 0. The summed E-state index contributed by atoms with van der Waals surface area (Å²) in [5.41, 5.74) is 0.795. The zero-order valence-corrected chi connectivity index (χ0v) is 20.6. The first-order chi connectivity index (χ1) is 16.0. The first-order valence-corrected chi connectivity index (χ1v) is 12.8. The lowest BCUT2D eigenvalue weighted by Gasteiger charge is -2.66. The molecule has 1 aromatic carbocycles. The van der Waals surface area contributed by atoms with Crippen molar-refractivity contribution in [3.63, 3.8) is 0 Å². The first-order valence-electron chi connectivity index (χ1n) is 12.8. The largest absolute Gasteiger partial charge is 0.481 e. The Morgan fingerprint density at radius 1 is 1.18 bits per heavy atom. The van der Waals surface area contributed by atoms with Crippen LogP contribution in [0.5, 0.6) is 0 Å². The third-order valence-electron chi connectivity index (χ3n) is 10.9. The van der Waals surface area contributed by atoms with Crippen molar-refractivity contribution < 1.29 is 24.9 Å². The number of hydrogen-bond donors (Lipinski definition) is 4. The average Bonchev–Trinajstić information content (AvgIpc) is 3.27. The van der Waals surface area contributed by atoms with Gasteiger partial charge in [0.15, 0.2) is 0 Å². The van der Waals surface area contributed by atoms with E-state index in [0.29, 0.717) is 12.3 Å². The SMILES string of the molecule is CC(C)(O)[C@@H]1CC(O)C2(C(=O)O)C(CC[C@@]3(C)C2CCC2Cc4c([nH]c5ccccc45)[C@@]23C)O1. The van der Waals surface area contributed by atoms with Gasteiger partial charge in [-0.3, -0.25) is 4.79 Å². The molecule has 3 fully saturated rings. The number of aromatic nitrogens is 1. The number of aliphatic hydroxyl groups is 2. The number of fused-ring (bicyclic) bond motifs is 9. The Hall–Kier alpha value is -1.89. The lowest BCUT2D eigenvalue weighted by molar-refractivity contribution is -0.283. The van der Waals surface area contributed by atoms with Crippen LogP contribution in [0.15, 0.2) is 24.3 Å². The molecule has 1 aliphatic heterocycles. The lowest BCUT2D eigenvalue weighted by atomic mass is 9.39. The average molecular weight is 468 g/mol. The molecule has 3 aliphatic carbocycles. The molecule has 2 aromatic rings. The van der Waals surface area contributed by atoms with Gasteiger partial charge in [-0.15, -0.1) is 0 Å². The first kappa shape index (κ1) is 22.6. The molecule has 1 aromatic heterocycles. The van der Waals surface area contributed by atoms with Gasteiger partial charge >= 0.3 is 5.97 Å². The third kappa shape index (κ3) is 2.50. The highest BCUT2D eigenvalue weighted by Crippen LogP contribution is 2.71. The number of carboxylic acids is 1. The van der Waals surface area contributed by atoms with Gasteiger partial charge in [-0.25, -0.2) is 0 Å². The minimum absolute atomic E-state index is 0.136. The number of aliphatic carboxylic acids is 1. The molecule has 0 spiro atoms. The number of para-hydroxylation sites is 1. The number of carbonyl (C=O) groups is 1. The minimum atomic E-state index is -1.36. The molecule has 6 heteroatoms. The molecule has 1 saturated heterocycles. The summed E-state index contributed by atoms with van der Waals surface area (Å²) < 4.78 is 6.35. The van der Waals surface area contributed by atoms with Crippen molar-refractivity contribution in [1.82, 2.24) is 4.98 Å². The van der Waals surface area contributed by atoms with E-state index in [1.54, 1.807) is 13.8 Å². The fourth-order valence-electron chi connectivity index (χ4n) is 8.96. The summed E-state index contributed by atoms with van der Waals surface area (Å²) in [6.45, 7) is 7.97. The molecule has 6 nitrogen and oxygen atoms in total. The van der Waals surface area contributed by atoms with Crippen molar-refractivity contribution in [2.45, 2.75) is 95.5 Å². The minimum Gasteiger partial charge on any atom is -0.481 e. The molecule has 34 heavy (non-hydrogen) atoms. The molecule has 8 atom stereocenters. The standard InChI is InChI=1S/C28H37NO5/c1-25(2,33)22-14-20(30)28(24(31)32)19-10-9-15-13-17-16-7-5-6-8-18(16)29-23(17)27(15,4)26(19,3)12-11-21(28)34-22/h5-8,15,19-22,29-30,33H,9-14H2,1-4H3,(H,31,32)/t15?,19?,20?,21?,22-,26-,27+,28?/m0/s1. The Kier molecular flexibility index (Phi) is 4.55. The number of H-pyrrole nitrogens is 1. The molecule has 0 radical (unpaired) electrons. The lowest BCUT2D eigenvalue weighted by Crippen LogP contribution is -2.72. The van der Waals surface area contributed by atoms with E-state index in [2.05, 4.69) is 43.1 Å². The molecular formula is C28H37NO5. The summed E-state index contributed by atoms with van der Waals surface area (Å²) in [5, 5.41) is 34.2. The van der Waals surface area contributed by atoms with Crippen molar-refractivity contribution in [3.05, 3.63) is 35.5 Å². The van der Waals surface area contributed by atoms with Gasteiger partial charge in [-0.2, -0.15) is 0 Å². The maximum Gasteiger partial charge on any atom is 0.315 e. The van der Waals surface area contributed by atoms with Gasteiger partial charge in [0.2, 0.25) is 0 Å². The monoisotopic (exact) mass is 467 g/mol. The zero-order valence-electron chi connectivity index (χ0n) is 20.6. The van der Waals surface area contributed by atoms with Crippen molar-refractivity contribution in [3.8, 4) is 0 Å². The van der Waals surface area contributed by atoms with E-state index < -0.39 is 35.3 Å². The number of ether oxygens (including phenoxy) is 1. The maximum atomic E-state index is 13.1. The van der Waals surface area contributed by atoms with Gasteiger partial charge in [-0.05, 0) is 74.8 Å². The molecule has 0 bridgehead atoms. The van der Waals surface area contributed by atoms with Crippen LogP contribution in [-0.4, -0.2) is 50.2 Å². The van der Waals surface area contributed by atoms with Gasteiger partial charge in [0, 0.05) is 28.4 Å². The van der Waals surface area contributed by atoms with Gasteiger partial charge in [0.05, 0.1) is 23.9 Å². The molecule has 0 amide bonds. The second kappa shape index (κ2) is 6.86. The Morgan fingerprint density at radius 2 is 1.91 bits per heavy atom. The maximum absolute atomic E-state index is 13.1. The third-order valence-corrected chi connectivity index (χ3v) is 10.9. The fourth-order valence-corrected chi connectivity index (χ4v) is 8.96. The number of rotatable bonds is 2. The second-order valence-electron chi connectivity index (χ2n) is 12.5. The number of carboxylic acid groups (broad SMARTS) is 1.